The molecule has 110 valence electrons. The maximum atomic E-state index is 13.1. The van der Waals surface area contributed by atoms with Gasteiger partial charge in [0.05, 0.1) is 0 Å². The average Bonchev–Trinajstić information content (AvgIpc) is 2.26. The Morgan fingerprint density at radius 3 is 1.58 bits per heavy atom. The minimum Gasteiger partial charge on any atom is -0.330 e. The Morgan fingerprint density at radius 1 is 0.947 bits per heavy atom. The number of nitrogens with zero attached hydrogens (tertiary/aromatic N) is 1. The van der Waals surface area contributed by atoms with Crippen LogP contribution in [-0.2, 0) is 4.79 Å². The molecule has 0 aliphatic rings. The van der Waals surface area contributed by atoms with E-state index in [4.69, 9.17) is 0 Å². The first-order valence-electron chi connectivity index (χ1n) is 4.77. The molecule has 9 heteroatoms. The van der Waals surface area contributed by atoms with E-state index in [-0.39, 0.29) is 4.90 Å². The largest absolute Gasteiger partial charge is 0.460 e. The molecule has 0 aliphatic heterocycles. The maximum Gasteiger partial charge on any atom is 0.460 e. The predicted molar refractivity (Wildman–Crippen MR) is 52.9 cm³/mol. The zero-order valence-corrected chi connectivity index (χ0v) is 9.48. The highest BCUT2D eigenvalue weighted by atomic mass is 19.4. The number of carbonyl (C=O) groups excluding carboxylic acids is 1. The summed E-state index contributed by atoms with van der Waals surface area (Å²) in [7, 11) is 0. The summed E-state index contributed by atoms with van der Waals surface area (Å²) in [6.07, 6.45) is -4.73. The molecule has 0 bridgehead atoms. The van der Waals surface area contributed by atoms with E-state index in [1.807, 2.05) is 0 Å². The van der Waals surface area contributed by atoms with Gasteiger partial charge in [0.15, 0.2) is 0 Å². The van der Waals surface area contributed by atoms with Crippen LogP contribution in [0.25, 0.3) is 0 Å². The van der Waals surface area contributed by atoms with Gasteiger partial charge >= 0.3 is 23.9 Å². The molecule has 19 heavy (non-hydrogen) atoms. The van der Waals surface area contributed by atoms with Gasteiger partial charge in [-0.2, -0.15) is 30.7 Å². The molecule has 0 aromatic rings. The normalized spacial score (nSPS) is 13.0. The Balaban J connectivity index is 5.44. The van der Waals surface area contributed by atoms with Gasteiger partial charge in [-0.1, -0.05) is 12.2 Å². The van der Waals surface area contributed by atoms with Crippen LogP contribution >= 0.6 is 0 Å². The van der Waals surface area contributed by atoms with Crippen molar-refractivity contribution in [1.82, 2.24) is 4.90 Å². The molecule has 2 nitrogen and oxygen atoms in total. The summed E-state index contributed by atoms with van der Waals surface area (Å²) in [6.45, 7) is 4.92. The first-order chi connectivity index (χ1) is 8.43. The molecule has 0 atom stereocenters. The van der Waals surface area contributed by atoms with Crippen LogP contribution < -0.4 is 0 Å². The summed E-state index contributed by atoms with van der Waals surface area (Å²) in [5.74, 6) is -15.0. The SMILES string of the molecule is C=CCN(CC=C)C(=O)C(F)(F)C(F)(F)C(F)(F)F. The lowest BCUT2D eigenvalue weighted by molar-refractivity contribution is -0.345. The molecule has 0 saturated heterocycles. The third-order valence-electron chi connectivity index (χ3n) is 2.01. The average molecular weight is 293 g/mol. The summed E-state index contributed by atoms with van der Waals surface area (Å²) in [5, 5.41) is 0. The van der Waals surface area contributed by atoms with E-state index < -0.39 is 37.0 Å². The minimum absolute atomic E-state index is 0.0830. The quantitative estimate of drug-likeness (QED) is 0.544. The Bertz CT molecular complexity index is 351. The molecule has 0 N–H and O–H groups in total. The van der Waals surface area contributed by atoms with Crippen LogP contribution in [0.5, 0.6) is 0 Å². The minimum atomic E-state index is -6.54. The molecule has 0 radical (unpaired) electrons. The highest BCUT2D eigenvalue weighted by Crippen LogP contribution is 2.47. The van der Waals surface area contributed by atoms with Gasteiger partial charge in [0, 0.05) is 13.1 Å². The predicted octanol–water partition coefficient (Wildman–Crippen LogP) is 3.02. The van der Waals surface area contributed by atoms with Gasteiger partial charge in [0.2, 0.25) is 0 Å². The number of halogens is 7. The highest BCUT2D eigenvalue weighted by molar-refractivity contribution is 5.85. The summed E-state index contributed by atoms with van der Waals surface area (Å²) in [5.41, 5.74) is 0. The van der Waals surface area contributed by atoms with Gasteiger partial charge in [-0.15, -0.1) is 13.2 Å². The molecular formula is C10H10F7NO. The smallest absolute Gasteiger partial charge is 0.330 e. The summed E-state index contributed by atoms with van der Waals surface area (Å²) in [6, 6.07) is 0. The molecule has 0 aliphatic carbocycles. The van der Waals surface area contributed by atoms with Crippen molar-refractivity contribution in [3.63, 3.8) is 0 Å². The molecular weight excluding hydrogens is 283 g/mol. The number of amides is 1. The van der Waals surface area contributed by atoms with Crippen molar-refractivity contribution < 1.29 is 35.5 Å². The Kier molecular flexibility index (Phi) is 5.16. The van der Waals surface area contributed by atoms with Crippen LogP contribution in [0, 0.1) is 0 Å². The zero-order chi connectivity index (χ0) is 15.5. The third kappa shape index (κ3) is 3.27. The molecule has 0 spiro atoms. The molecule has 1 amide bonds. The summed E-state index contributed by atoms with van der Waals surface area (Å²) in [4.78, 5) is 11.2. The number of hydrogen-bond donors (Lipinski definition) is 0. The summed E-state index contributed by atoms with van der Waals surface area (Å²) >= 11 is 0. The molecule has 0 fully saturated rings. The van der Waals surface area contributed by atoms with Crippen LogP contribution in [0.1, 0.15) is 0 Å². The van der Waals surface area contributed by atoms with E-state index in [1.54, 1.807) is 0 Å². The van der Waals surface area contributed by atoms with Gasteiger partial charge < -0.3 is 4.90 Å². The van der Waals surface area contributed by atoms with Crippen LogP contribution in [-0.4, -0.2) is 41.9 Å². The number of hydrogen-bond acceptors (Lipinski definition) is 1. The lowest BCUT2D eigenvalue weighted by atomic mass is 10.1. The standard InChI is InChI=1S/C10H10F7NO/c1-3-5-18(6-4-2)7(19)8(11,12)9(13,14)10(15,16)17/h3-4H,1-2,5-6H2. The maximum absolute atomic E-state index is 13.1. The van der Waals surface area contributed by atoms with Crippen molar-refractivity contribution in [3.8, 4) is 0 Å². The molecule has 0 aromatic carbocycles. The molecule has 0 rings (SSSR count). The third-order valence-corrected chi connectivity index (χ3v) is 2.01. The molecule has 0 saturated carbocycles. The Hall–Kier alpha value is -1.54. The Morgan fingerprint density at radius 2 is 1.32 bits per heavy atom. The van der Waals surface area contributed by atoms with Gasteiger partial charge in [-0.05, 0) is 0 Å². The monoisotopic (exact) mass is 293 g/mol. The van der Waals surface area contributed by atoms with Crippen molar-refractivity contribution in [2.45, 2.75) is 18.0 Å². The fourth-order valence-electron chi connectivity index (χ4n) is 1.06. The van der Waals surface area contributed by atoms with Crippen LogP contribution in [0.2, 0.25) is 0 Å². The second-order valence-corrected chi connectivity index (χ2v) is 3.43. The topological polar surface area (TPSA) is 20.3 Å². The van der Waals surface area contributed by atoms with Crippen molar-refractivity contribution in [2.24, 2.45) is 0 Å². The van der Waals surface area contributed by atoms with E-state index >= 15 is 0 Å². The highest BCUT2D eigenvalue weighted by Gasteiger charge is 2.76. The van der Waals surface area contributed by atoms with Gasteiger partial charge in [-0.25, -0.2) is 0 Å². The number of carbonyl (C=O) groups is 1. The summed E-state index contributed by atoms with van der Waals surface area (Å²) < 4.78 is 87.0. The fraction of sp³-hybridized carbons (Fsp3) is 0.500. The van der Waals surface area contributed by atoms with Gasteiger partial charge in [0.1, 0.15) is 0 Å². The lowest BCUT2D eigenvalue weighted by Gasteiger charge is -2.31. The zero-order valence-electron chi connectivity index (χ0n) is 9.48. The van der Waals surface area contributed by atoms with E-state index in [1.165, 1.54) is 0 Å². The van der Waals surface area contributed by atoms with Crippen molar-refractivity contribution in [2.75, 3.05) is 13.1 Å². The lowest BCUT2D eigenvalue weighted by Crippen LogP contribution is -2.60. The molecule has 0 aromatic heterocycles. The van der Waals surface area contributed by atoms with E-state index in [9.17, 15) is 35.5 Å². The van der Waals surface area contributed by atoms with E-state index in [0.717, 1.165) is 12.2 Å². The van der Waals surface area contributed by atoms with Gasteiger partial charge in [0.25, 0.3) is 0 Å². The first kappa shape index (κ1) is 17.5. The van der Waals surface area contributed by atoms with Gasteiger partial charge in [-0.3, -0.25) is 4.79 Å². The van der Waals surface area contributed by atoms with Crippen molar-refractivity contribution in [3.05, 3.63) is 25.3 Å². The Labute approximate surface area is 104 Å². The number of rotatable bonds is 6. The van der Waals surface area contributed by atoms with Crippen molar-refractivity contribution in [1.29, 1.82) is 0 Å². The van der Waals surface area contributed by atoms with E-state index in [2.05, 4.69) is 13.2 Å². The first-order valence-corrected chi connectivity index (χ1v) is 4.77. The van der Waals surface area contributed by atoms with Crippen LogP contribution in [0.15, 0.2) is 25.3 Å². The van der Waals surface area contributed by atoms with E-state index in [0.29, 0.717) is 0 Å². The number of alkyl halides is 7. The van der Waals surface area contributed by atoms with Crippen LogP contribution in [0.4, 0.5) is 30.7 Å². The van der Waals surface area contributed by atoms with Crippen LogP contribution in [0.3, 0.4) is 0 Å². The molecule has 0 heterocycles. The molecule has 0 unspecified atom stereocenters. The second kappa shape index (κ2) is 5.62. The van der Waals surface area contributed by atoms with Crippen molar-refractivity contribution >= 4 is 5.91 Å². The fourth-order valence-corrected chi connectivity index (χ4v) is 1.06. The second-order valence-electron chi connectivity index (χ2n) is 3.43.